The molecule has 1 unspecified atom stereocenters. The predicted octanol–water partition coefficient (Wildman–Crippen LogP) is 0.755. The highest BCUT2D eigenvalue weighted by atomic mass is 35.5. The molecule has 5 heterocycles. The standard InChI is InChI=1S/C11H10ClN3O4S/c12-8-7(13-20-14-8)6-5-1-3-15(4-2-5)11(6)18-9(16)10(17)19-11/h5-6H,1-4H2. The van der Waals surface area contributed by atoms with Crippen LogP contribution in [-0.2, 0) is 19.1 Å². The fourth-order valence-corrected chi connectivity index (χ4v) is 4.23. The molecule has 4 aliphatic rings. The summed E-state index contributed by atoms with van der Waals surface area (Å²) in [5.74, 6) is -3.45. The van der Waals surface area contributed by atoms with Gasteiger partial charge >= 0.3 is 17.8 Å². The Morgan fingerprint density at radius 2 is 1.85 bits per heavy atom. The van der Waals surface area contributed by atoms with Gasteiger partial charge in [-0.25, -0.2) is 14.5 Å². The fraction of sp³-hybridized carbons (Fsp3) is 0.636. The highest BCUT2D eigenvalue weighted by Crippen LogP contribution is 2.53. The Hall–Kier alpha value is -1.25. The molecule has 4 fully saturated rings. The highest BCUT2D eigenvalue weighted by Gasteiger charge is 2.65. The molecule has 0 aromatic carbocycles. The van der Waals surface area contributed by atoms with Gasteiger partial charge in [0.2, 0.25) is 0 Å². The van der Waals surface area contributed by atoms with Crippen molar-refractivity contribution >= 4 is 35.3 Å². The van der Waals surface area contributed by atoms with Crippen LogP contribution in [0, 0.1) is 5.92 Å². The normalized spacial score (nSPS) is 34.4. The Morgan fingerprint density at radius 1 is 1.20 bits per heavy atom. The Balaban J connectivity index is 1.84. The molecule has 0 N–H and O–H groups in total. The van der Waals surface area contributed by atoms with Crippen molar-refractivity contribution in [3.05, 3.63) is 10.8 Å². The molecule has 106 valence electrons. The zero-order valence-corrected chi connectivity index (χ0v) is 11.8. The summed E-state index contributed by atoms with van der Waals surface area (Å²) in [4.78, 5) is 25.0. The van der Waals surface area contributed by atoms with Crippen LogP contribution < -0.4 is 0 Å². The Bertz CT molecular complexity index is 582. The van der Waals surface area contributed by atoms with E-state index in [0.717, 1.165) is 37.7 Å². The van der Waals surface area contributed by atoms with E-state index in [1.807, 2.05) is 4.90 Å². The van der Waals surface area contributed by atoms with Crippen molar-refractivity contribution in [1.29, 1.82) is 0 Å². The number of hydrogen-bond acceptors (Lipinski definition) is 8. The third-order valence-corrected chi connectivity index (χ3v) is 5.18. The Labute approximate surface area is 123 Å². The number of piperidine rings is 3. The minimum atomic E-state index is -1.38. The lowest BCUT2D eigenvalue weighted by molar-refractivity contribution is -0.299. The van der Waals surface area contributed by atoms with E-state index in [4.69, 9.17) is 21.1 Å². The van der Waals surface area contributed by atoms with Crippen molar-refractivity contribution < 1.29 is 19.1 Å². The van der Waals surface area contributed by atoms with Gasteiger partial charge in [0.1, 0.15) is 11.6 Å². The first-order valence-electron chi connectivity index (χ1n) is 6.31. The maximum atomic E-state index is 11.5. The average molecular weight is 316 g/mol. The van der Waals surface area contributed by atoms with Gasteiger partial charge in [-0.1, -0.05) is 11.6 Å². The van der Waals surface area contributed by atoms with Crippen LogP contribution in [0.15, 0.2) is 0 Å². The van der Waals surface area contributed by atoms with Crippen molar-refractivity contribution in [2.24, 2.45) is 5.92 Å². The largest absolute Gasteiger partial charge is 0.421 e. The van der Waals surface area contributed by atoms with Gasteiger partial charge in [0.05, 0.1) is 11.7 Å². The number of carbonyl (C=O) groups is 2. The number of rotatable bonds is 1. The van der Waals surface area contributed by atoms with Gasteiger partial charge in [-0.2, -0.15) is 8.75 Å². The van der Waals surface area contributed by atoms with Crippen molar-refractivity contribution in [3.63, 3.8) is 0 Å². The second kappa shape index (κ2) is 4.12. The molecule has 1 aromatic heterocycles. The molecule has 1 aromatic rings. The molecule has 9 heteroatoms. The van der Waals surface area contributed by atoms with Crippen molar-refractivity contribution in [2.45, 2.75) is 24.7 Å². The summed E-state index contributed by atoms with van der Waals surface area (Å²) in [5.41, 5.74) is 0.550. The third kappa shape index (κ3) is 1.49. The van der Waals surface area contributed by atoms with Gasteiger partial charge in [0.25, 0.3) is 0 Å². The minimum Gasteiger partial charge on any atom is -0.399 e. The second-order valence-corrected chi connectivity index (χ2v) is 6.04. The number of esters is 2. The fourth-order valence-electron chi connectivity index (χ4n) is 3.43. The predicted molar refractivity (Wildman–Crippen MR) is 66.9 cm³/mol. The SMILES string of the molecule is O=C1OC2(OC1=O)C(c1nsnc1Cl)C1CCN2CC1. The molecule has 0 radical (unpaired) electrons. The van der Waals surface area contributed by atoms with E-state index in [1.165, 1.54) is 0 Å². The van der Waals surface area contributed by atoms with Gasteiger partial charge in [0.15, 0.2) is 5.15 Å². The lowest BCUT2D eigenvalue weighted by Gasteiger charge is -2.52. The lowest BCUT2D eigenvalue weighted by atomic mass is 9.74. The summed E-state index contributed by atoms with van der Waals surface area (Å²) < 4.78 is 18.8. The second-order valence-electron chi connectivity index (χ2n) is 5.15. The summed E-state index contributed by atoms with van der Waals surface area (Å²) in [6.07, 6.45) is 1.85. The first-order chi connectivity index (χ1) is 9.62. The molecular weight excluding hydrogens is 306 g/mol. The molecule has 0 aliphatic carbocycles. The van der Waals surface area contributed by atoms with Gasteiger partial charge in [-0.15, -0.1) is 0 Å². The number of aromatic nitrogens is 2. The molecule has 0 amide bonds. The number of carbonyl (C=O) groups excluding carboxylic acids is 2. The Kier molecular flexibility index (Phi) is 2.57. The summed E-state index contributed by atoms with van der Waals surface area (Å²) in [6.45, 7) is 1.44. The molecule has 1 spiro atoms. The molecule has 4 aliphatic heterocycles. The number of ether oxygens (including phenoxy) is 2. The lowest BCUT2D eigenvalue weighted by Crippen LogP contribution is -2.64. The maximum absolute atomic E-state index is 11.5. The van der Waals surface area contributed by atoms with Crippen LogP contribution in [0.5, 0.6) is 0 Å². The molecular formula is C11H10ClN3O4S. The van der Waals surface area contributed by atoms with E-state index < -0.39 is 17.8 Å². The van der Waals surface area contributed by atoms with Crippen LogP contribution in [-0.4, -0.2) is 44.6 Å². The molecule has 4 saturated heterocycles. The zero-order chi connectivity index (χ0) is 13.9. The summed E-state index contributed by atoms with van der Waals surface area (Å²) in [7, 11) is 0. The first kappa shape index (κ1) is 12.5. The minimum absolute atomic E-state index is 0.208. The van der Waals surface area contributed by atoms with E-state index in [1.54, 1.807) is 0 Å². The number of hydrogen-bond donors (Lipinski definition) is 0. The molecule has 7 nitrogen and oxygen atoms in total. The van der Waals surface area contributed by atoms with Gasteiger partial charge in [-0.05, 0) is 18.8 Å². The van der Waals surface area contributed by atoms with E-state index in [-0.39, 0.29) is 17.0 Å². The van der Waals surface area contributed by atoms with Gasteiger partial charge in [-0.3, -0.25) is 0 Å². The van der Waals surface area contributed by atoms with Crippen molar-refractivity contribution in [3.8, 4) is 0 Å². The highest BCUT2D eigenvalue weighted by molar-refractivity contribution is 6.99. The molecule has 20 heavy (non-hydrogen) atoms. The molecule has 2 bridgehead atoms. The quantitative estimate of drug-likeness (QED) is 0.559. The van der Waals surface area contributed by atoms with Crippen LogP contribution in [0.4, 0.5) is 0 Å². The van der Waals surface area contributed by atoms with E-state index in [9.17, 15) is 9.59 Å². The van der Waals surface area contributed by atoms with Crippen molar-refractivity contribution in [1.82, 2.24) is 13.6 Å². The van der Waals surface area contributed by atoms with Gasteiger partial charge in [0, 0.05) is 13.1 Å². The zero-order valence-electron chi connectivity index (χ0n) is 10.2. The number of fused-ring (bicyclic) bond motifs is 2. The average Bonchev–Trinajstić information content (AvgIpc) is 2.97. The smallest absolute Gasteiger partial charge is 0.399 e. The van der Waals surface area contributed by atoms with Crippen LogP contribution in [0.3, 0.4) is 0 Å². The number of halogens is 1. The van der Waals surface area contributed by atoms with Crippen LogP contribution in [0.25, 0.3) is 0 Å². The van der Waals surface area contributed by atoms with E-state index in [2.05, 4.69) is 8.75 Å². The van der Waals surface area contributed by atoms with E-state index >= 15 is 0 Å². The number of nitrogens with zero attached hydrogens (tertiary/aromatic N) is 3. The monoisotopic (exact) mass is 315 g/mol. The van der Waals surface area contributed by atoms with Crippen molar-refractivity contribution in [2.75, 3.05) is 13.1 Å². The van der Waals surface area contributed by atoms with Crippen LogP contribution >= 0.6 is 23.3 Å². The molecule has 1 atom stereocenters. The summed E-state index contributed by atoms with van der Waals surface area (Å²) in [6, 6.07) is 0. The first-order valence-corrected chi connectivity index (χ1v) is 7.42. The van der Waals surface area contributed by atoms with Crippen LogP contribution in [0.1, 0.15) is 24.5 Å². The van der Waals surface area contributed by atoms with Crippen LogP contribution in [0.2, 0.25) is 5.15 Å². The Morgan fingerprint density at radius 3 is 2.40 bits per heavy atom. The molecule has 0 saturated carbocycles. The van der Waals surface area contributed by atoms with Gasteiger partial charge < -0.3 is 9.47 Å². The summed E-state index contributed by atoms with van der Waals surface area (Å²) >= 11 is 7.08. The summed E-state index contributed by atoms with van der Waals surface area (Å²) in [5, 5.41) is 0.284. The maximum Gasteiger partial charge on any atom is 0.421 e. The topological polar surface area (TPSA) is 81.6 Å². The third-order valence-electron chi connectivity index (χ3n) is 4.26. The van der Waals surface area contributed by atoms with E-state index in [0.29, 0.717) is 5.69 Å². The molecule has 5 rings (SSSR count).